The number of hydrogen-bond acceptors (Lipinski definition) is 4. The van der Waals surface area contributed by atoms with Crippen LogP contribution in [0.1, 0.15) is 19.4 Å². The predicted octanol–water partition coefficient (Wildman–Crippen LogP) is 2.73. The maximum absolute atomic E-state index is 10.7. The van der Waals surface area contributed by atoms with Gasteiger partial charge < -0.3 is 14.6 Å². The molecule has 1 N–H and O–H groups in total. The molecule has 1 aromatic carbocycles. The van der Waals surface area contributed by atoms with Gasteiger partial charge in [-0.05, 0) is 6.92 Å². The lowest BCUT2D eigenvalue weighted by Crippen LogP contribution is -2.24. The van der Waals surface area contributed by atoms with Crippen LogP contribution in [-0.2, 0) is 20.1 Å². The van der Waals surface area contributed by atoms with Crippen LogP contribution in [0.25, 0.3) is 0 Å². The lowest BCUT2D eigenvalue weighted by atomic mass is 10.1. The highest BCUT2D eigenvalue weighted by atomic mass is 32.2. The fraction of sp³-hybridized carbons (Fsp3) is 0.533. The van der Waals surface area contributed by atoms with E-state index in [1.54, 1.807) is 18.7 Å². The number of aliphatic carboxylic acids is 1. The molecule has 20 heavy (non-hydrogen) atoms. The van der Waals surface area contributed by atoms with Gasteiger partial charge in [-0.1, -0.05) is 37.3 Å². The zero-order valence-electron chi connectivity index (χ0n) is 11.7. The predicted molar refractivity (Wildman–Crippen MR) is 78.7 cm³/mol. The Morgan fingerprint density at radius 3 is 2.85 bits per heavy atom. The number of carboxylic acid groups (broad SMARTS) is 1. The molecule has 0 amide bonds. The van der Waals surface area contributed by atoms with Gasteiger partial charge >= 0.3 is 5.97 Å². The molecule has 5 heteroatoms. The molecule has 1 saturated heterocycles. The zero-order valence-corrected chi connectivity index (χ0v) is 12.6. The van der Waals surface area contributed by atoms with Crippen LogP contribution in [0.2, 0.25) is 0 Å². The summed E-state index contributed by atoms with van der Waals surface area (Å²) in [6, 6.07) is 9.86. The topological polar surface area (TPSA) is 55.8 Å². The van der Waals surface area contributed by atoms with E-state index in [2.05, 4.69) is 0 Å². The molecule has 0 spiro atoms. The number of rotatable bonds is 6. The molecule has 3 atom stereocenters. The molecular formula is C15H20O4S. The highest BCUT2D eigenvalue weighted by Gasteiger charge is 2.38. The van der Waals surface area contributed by atoms with E-state index in [0.717, 1.165) is 11.3 Å². The first-order valence-electron chi connectivity index (χ1n) is 6.69. The molecule has 1 aliphatic heterocycles. The van der Waals surface area contributed by atoms with Gasteiger partial charge in [-0.15, -0.1) is 0 Å². The number of benzene rings is 1. The van der Waals surface area contributed by atoms with Crippen LogP contribution in [0.15, 0.2) is 30.3 Å². The van der Waals surface area contributed by atoms with E-state index in [1.807, 2.05) is 37.3 Å². The van der Waals surface area contributed by atoms with Crippen molar-refractivity contribution in [2.75, 3.05) is 18.1 Å². The third-order valence-electron chi connectivity index (χ3n) is 3.33. The molecule has 0 saturated carbocycles. The molecular weight excluding hydrogens is 276 g/mol. The lowest BCUT2D eigenvalue weighted by Gasteiger charge is -2.23. The van der Waals surface area contributed by atoms with Crippen LogP contribution in [0.3, 0.4) is 0 Å². The molecule has 1 fully saturated rings. The highest BCUT2D eigenvalue weighted by Crippen LogP contribution is 2.34. The van der Waals surface area contributed by atoms with Crippen molar-refractivity contribution in [3.63, 3.8) is 0 Å². The van der Waals surface area contributed by atoms with Crippen LogP contribution in [0, 0.1) is 5.92 Å². The highest BCUT2D eigenvalue weighted by molar-refractivity contribution is 7.99. The summed E-state index contributed by atoms with van der Waals surface area (Å²) in [5.74, 6) is -0.430. The van der Waals surface area contributed by atoms with Crippen molar-refractivity contribution in [3.8, 4) is 0 Å². The number of hydrogen-bond donors (Lipinski definition) is 1. The standard InChI is InChI=1S/C15H20O4S/c1-11(14(16)17)9-20-10-13-8-18-15(2,19-13)12-6-4-3-5-7-12/h3-7,11,13H,8-10H2,1-2H3,(H,16,17). The van der Waals surface area contributed by atoms with E-state index in [0.29, 0.717) is 12.4 Å². The van der Waals surface area contributed by atoms with Crippen LogP contribution >= 0.6 is 11.8 Å². The summed E-state index contributed by atoms with van der Waals surface area (Å²) in [6.45, 7) is 4.18. The zero-order chi connectivity index (χ0) is 14.6. The third kappa shape index (κ3) is 3.75. The van der Waals surface area contributed by atoms with E-state index < -0.39 is 11.8 Å². The minimum Gasteiger partial charge on any atom is -0.481 e. The fourth-order valence-electron chi connectivity index (χ4n) is 2.06. The monoisotopic (exact) mass is 296 g/mol. The van der Waals surface area contributed by atoms with Crippen molar-refractivity contribution in [1.82, 2.24) is 0 Å². The van der Waals surface area contributed by atoms with Crippen LogP contribution in [0.5, 0.6) is 0 Å². The second-order valence-corrected chi connectivity index (χ2v) is 6.21. The van der Waals surface area contributed by atoms with Gasteiger partial charge in [0, 0.05) is 17.1 Å². The molecule has 3 unspecified atom stereocenters. The van der Waals surface area contributed by atoms with Gasteiger partial charge in [0.15, 0.2) is 5.79 Å². The van der Waals surface area contributed by atoms with Crippen LogP contribution in [0.4, 0.5) is 0 Å². The van der Waals surface area contributed by atoms with Crippen molar-refractivity contribution in [3.05, 3.63) is 35.9 Å². The van der Waals surface area contributed by atoms with Crippen LogP contribution < -0.4 is 0 Å². The normalized spacial score (nSPS) is 27.4. The number of carbonyl (C=O) groups is 1. The largest absolute Gasteiger partial charge is 0.481 e. The van der Waals surface area contributed by atoms with Crippen molar-refractivity contribution in [1.29, 1.82) is 0 Å². The van der Waals surface area contributed by atoms with E-state index >= 15 is 0 Å². The first kappa shape index (κ1) is 15.4. The molecule has 1 aliphatic rings. The molecule has 0 radical (unpaired) electrons. The maximum atomic E-state index is 10.7. The fourth-order valence-corrected chi connectivity index (χ4v) is 3.12. The molecule has 110 valence electrons. The summed E-state index contributed by atoms with van der Waals surface area (Å²) in [6.07, 6.45) is 0.00574. The first-order valence-corrected chi connectivity index (χ1v) is 7.84. The quantitative estimate of drug-likeness (QED) is 0.874. The summed E-state index contributed by atoms with van der Waals surface area (Å²) in [4.78, 5) is 10.7. The van der Waals surface area contributed by atoms with Crippen molar-refractivity contribution in [2.24, 2.45) is 5.92 Å². The van der Waals surface area contributed by atoms with Crippen LogP contribution in [-0.4, -0.2) is 35.3 Å². The second kappa shape index (κ2) is 6.61. The molecule has 1 aromatic rings. The molecule has 2 rings (SSSR count). The summed E-state index contributed by atoms with van der Waals surface area (Å²) < 4.78 is 11.8. The Hall–Kier alpha value is -1.04. The average molecular weight is 296 g/mol. The minimum atomic E-state index is -0.754. The summed E-state index contributed by atoms with van der Waals surface area (Å²) in [5.41, 5.74) is 1.01. The minimum absolute atomic E-state index is 0.00574. The Morgan fingerprint density at radius 2 is 2.20 bits per heavy atom. The number of carboxylic acids is 1. The molecule has 4 nitrogen and oxygen atoms in total. The van der Waals surface area contributed by atoms with Gasteiger partial charge in [-0.3, -0.25) is 4.79 Å². The maximum Gasteiger partial charge on any atom is 0.307 e. The van der Waals surface area contributed by atoms with E-state index in [4.69, 9.17) is 14.6 Å². The molecule has 1 heterocycles. The van der Waals surface area contributed by atoms with E-state index in [9.17, 15) is 4.79 Å². The lowest BCUT2D eigenvalue weighted by molar-refractivity contribution is -0.159. The smallest absolute Gasteiger partial charge is 0.307 e. The summed E-state index contributed by atoms with van der Waals surface area (Å²) in [5, 5.41) is 8.84. The molecule has 0 bridgehead atoms. The molecule has 0 aliphatic carbocycles. The Morgan fingerprint density at radius 1 is 1.50 bits per heavy atom. The van der Waals surface area contributed by atoms with Gasteiger partial charge in [-0.2, -0.15) is 11.8 Å². The summed E-state index contributed by atoms with van der Waals surface area (Å²) >= 11 is 1.60. The summed E-state index contributed by atoms with van der Waals surface area (Å²) in [7, 11) is 0. The van der Waals surface area contributed by atoms with Crippen molar-refractivity contribution >= 4 is 17.7 Å². The number of thioether (sulfide) groups is 1. The Kier molecular flexibility index (Phi) is 5.07. The first-order chi connectivity index (χ1) is 9.51. The van der Waals surface area contributed by atoms with E-state index in [-0.39, 0.29) is 12.0 Å². The Bertz CT molecular complexity index is 450. The second-order valence-electron chi connectivity index (χ2n) is 5.14. The van der Waals surface area contributed by atoms with E-state index in [1.165, 1.54) is 0 Å². The van der Waals surface area contributed by atoms with Gasteiger partial charge in [0.25, 0.3) is 0 Å². The third-order valence-corrected chi connectivity index (χ3v) is 4.67. The van der Waals surface area contributed by atoms with Gasteiger partial charge in [0.1, 0.15) is 0 Å². The Balaban J connectivity index is 1.82. The SMILES string of the molecule is CC(CSCC1COC(C)(c2ccccc2)O1)C(=O)O. The van der Waals surface area contributed by atoms with Gasteiger partial charge in [0.2, 0.25) is 0 Å². The van der Waals surface area contributed by atoms with Gasteiger partial charge in [0.05, 0.1) is 18.6 Å². The van der Waals surface area contributed by atoms with Crippen molar-refractivity contribution in [2.45, 2.75) is 25.7 Å². The Labute approximate surface area is 123 Å². The van der Waals surface area contributed by atoms with Gasteiger partial charge in [-0.25, -0.2) is 0 Å². The molecule has 0 aromatic heterocycles. The van der Waals surface area contributed by atoms with Crippen molar-refractivity contribution < 1.29 is 19.4 Å². The number of ether oxygens (including phenoxy) is 2. The average Bonchev–Trinajstić information content (AvgIpc) is 2.82.